The molecule has 1 aliphatic rings. The van der Waals surface area contributed by atoms with Gasteiger partial charge in [0.2, 0.25) is 0 Å². The number of aryl methyl sites for hydroxylation is 2. The molecule has 2 heteroatoms. The van der Waals surface area contributed by atoms with E-state index in [1.807, 2.05) is 0 Å². The smallest absolute Gasteiger partial charge is 0.0181 e. The Kier molecular flexibility index (Phi) is 2.40. The van der Waals surface area contributed by atoms with Gasteiger partial charge in [-0.05, 0) is 44.2 Å². The van der Waals surface area contributed by atoms with E-state index in [0.29, 0.717) is 0 Å². The molecule has 1 aromatic heterocycles. The van der Waals surface area contributed by atoms with Crippen LogP contribution in [0.15, 0.2) is 6.07 Å². The minimum absolute atomic E-state index is 0.264. The van der Waals surface area contributed by atoms with E-state index in [2.05, 4.69) is 18.0 Å². The highest BCUT2D eigenvalue weighted by atomic mass is 14.7. The average molecular weight is 178 g/mol. The van der Waals surface area contributed by atoms with Crippen LogP contribution in [0, 0.1) is 0 Å². The molecule has 1 aliphatic carbocycles. The van der Waals surface area contributed by atoms with Crippen LogP contribution in [0.25, 0.3) is 0 Å². The van der Waals surface area contributed by atoms with Crippen molar-refractivity contribution in [3.8, 4) is 0 Å². The second-order valence-electron chi connectivity index (χ2n) is 4.19. The van der Waals surface area contributed by atoms with Gasteiger partial charge in [0.1, 0.15) is 0 Å². The number of nitrogens with one attached hydrogen (secondary N) is 1. The van der Waals surface area contributed by atoms with Crippen LogP contribution in [0.5, 0.6) is 0 Å². The van der Waals surface area contributed by atoms with Crippen LogP contribution >= 0.6 is 0 Å². The molecule has 0 aliphatic heterocycles. The predicted molar refractivity (Wildman–Crippen MR) is 54.8 cm³/mol. The highest BCUT2D eigenvalue weighted by Gasteiger charge is 2.12. The molecular formula is C11H18N2. The molecule has 13 heavy (non-hydrogen) atoms. The van der Waals surface area contributed by atoms with Gasteiger partial charge in [-0.3, -0.25) is 0 Å². The van der Waals surface area contributed by atoms with E-state index < -0.39 is 0 Å². The zero-order valence-corrected chi connectivity index (χ0v) is 8.27. The summed E-state index contributed by atoms with van der Waals surface area (Å²) in [7, 11) is 0. The molecule has 1 heterocycles. The summed E-state index contributed by atoms with van der Waals surface area (Å²) < 4.78 is 0. The Labute approximate surface area is 79.5 Å². The monoisotopic (exact) mass is 178 g/mol. The maximum Gasteiger partial charge on any atom is 0.0181 e. The zero-order valence-electron chi connectivity index (χ0n) is 8.27. The fraction of sp³-hybridized carbons (Fsp3) is 0.636. The normalized spacial score (nSPS) is 18.3. The summed E-state index contributed by atoms with van der Waals surface area (Å²) in [6.07, 6.45) is 6.15. The quantitative estimate of drug-likeness (QED) is 0.712. The molecule has 0 amide bonds. The highest BCUT2D eigenvalue weighted by Crippen LogP contribution is 2.21. The van der Waals surface area contributed by atoms with Gasteiger partial charge in [-0.15, -0.1) is 0 Å². The van der Waals surface area contributed by atoms with Crippen LogP contribution in [0.1, 0.15) is 36.7 Å². The summed E-state index contributed by atoms with van der Waals surface area (Å²) in [5.74, 6) is 0. The molecule has 1 unspecified atom stereocenters. The Morgan fingerprint density at radius 2 is 2.23 bits per heavy atom. The van der Waals surface area contributed by atoms with Crippen LogP contribution < -0.4 is 5.73 Å². The van der Waals surface area contributed by atoms with Crippen LogP contribution in [0.3, 0.4) is 0 Å². The molecule has 0 aromatic carbocycles. The van der Waals surface area contributed by atoms with E-state index in [9.17, 15) is 0 Å². The first-order valence-electron chi connectivity index (χ1n) is 5.21. The van der Waals surface area contributed by atoms with E-state index in [-0.39, 0.29) is 6.04 Å². The Bertz CT molecular complexity index is 263. The van der Waals surface area contributed by atoms with Gasteiger partial charge in [-0.1, -0.05) is 0 Å². The summed E-state index contributed by atoms with van der Waals surface area (Å²) in [4.78, 5) is 3.48. The Hall–Kier alpha value is -0.760. The molecule has 72 valence electrons. The minimum Gasteiger partial charge on any atom is -0.362 e. The standard InChI is InChI=1S/C11H18N2/c1-8(12)6-10-7-9-4-2-3-5-11(9)13-10/h7-8,13H,2-6,12H2,1H3. The average Bonchev–Trinajstić information content (AvgIpc) is 2.44. The third kappa shape index (κ3) is 1.94. The number of aromatic amines is 1. The molecule has 2 nitrogen and oxygen atoms in total. The number of fused-ring (bicyclic) bond motifs is 1. The first-order valence-corrected chi connectivity index (χ1v) is 5.21. The van der Waals surface area contributed by atoms with Crippen LogP contribution in [-0.4, -0.2) is 11.0 Å². The van der Waals surface area contributed by atoms with E-state index in [4.69, 9.17) is 5.73 Å². The lowest BCUT2D eigenvalue weighted by atomic mass is 9.98. The molecule has 1 aromatic rings. The maximum atomic E-state index is 5.76. The number of H-pyrrole nitrogens is 1. The molecule has 3 N–H and O–H groups in total. The van der Waals surface area contributed by atoms with Crippen LogP contribution in [0.2, 0.25) is 0 Å². The lowest BCUT2D eigenvalue weighted by molar-refractivity contribution is 0.674. The lowest BCUT2D eigenvalue weighted by Gasteiger charge is -2.09. The Morgan fingerprint density at radius 1 is 1.46 bits per heavy atom. The van der Waals surface area contributed by atoms with E-state index in [1.165, 1.54) is 42.6 Å². The second kappa shape index (κ2) is 3.54. The summed E-state index contributed by atoms with van der Waals surface area (Å²) in [5, 5.41) is 0. The van der Waals surface area contributed by atoms with E-state index in [0.717, 1.165) is 6.42 Å². The molecule has 0 saturated heterocycles. The van der Waals surface area contributed by atoms with Gasteiger partial charge in [0.05, 0.1) is 0 Å². The van der Waals surface area contributed by atoms with Crippen molar-refractivity contribution in [2.45, 2.75) is 45.1 Å². The van der Waals surface area contributed by atoms with Gasteiger partial charge in [-0.25, -0.2) is 0 Å². The third-order valence-corrected chi connectivity index (χ3v) is 2.71. The van der Waals surface area contributed by atoms with Crippen molar-refractivity contribution >= 4 is 0 Å². The molecule has 2 rings (SSSR count). The van der Waals surface area contributed by atoms with Gasteiger partial charge in [0.25, 0.3) is 0 Å². The van der Waals surface area contributed by atoms with Crippen molar-refractivity contribution in [1.82, 2.24) is 4.98 Å². The van der Waals surface area contributed by atoms with Crippen LogP contribution in [0.4, 0.5) is 0 Å². The molecule has 0 spiro atoms. The molecule has 1 atom stereocenters. The van der Waals surface area contributed by atoms with Crippen molar-refractivity contribution in [3.63, 3.8) is 0 Å². The zero-order chi connectivity index (χ0) is 9.26. The van der Waals surface area contributed by atoms with Crippen molar-refractivity contribution in [3.05, 3.63) is 23.0 Å². The van der Waals surface area contributed by atoms with Gasteiger partial charge >= 0.3 is 0 Å². The fourth-order valence-electron chi connectivity index (χ4n) is 2.13. The lowest BCUT2D eigenvalue weighted by Crippen LogP contribution is -2.17. The molecule has 0 saturated carbocycles. The summed E-state index contributed by atoms with van der Waals surface area (Å²) >= 11 is 0. The number of nitrogens with two attached hydrogens (primary N) is 1. The van der Waals surface area contributed by atoms with Gasteiger partial charge in [0.15, 0.2) is 0 Å². The van der Waals surface area contributed by atoms with Crippen molar-refractivity contribution < 1.29 is 0 Å². The summed E-state index contributed by atoms with van der Waals surface area (Å²) in [6, 6.07) is 2.57. The minimum atomic E-state index is 0.264. The van der Waals surface area contributed by atoms with Crippen LogP contribution in [-0.2, 0) is 19.3 Å². The SMILES string of the molecule is CC(N)Cc1cc2c([nH]1)CCCC2. The Morgan fingerprint density at radius 3 is 2.92 bits per heavy atom. The number of hydrogen-bond donors (Lipinski definition) is 2. The summed E-state index contributed by atoms with van der Waals surface area (Å²) in [6.45, 7) is 2.06. The number of aromatic nitrogens is 1. The van der Waals surface area contributed by atoms with Gasteiger partial charge in [0, 0.05) is 23.9 Å². The topological polar surface area (TPSA) is 41.8 Å². The predicted octanol–water partition coefficient (Wildman–Crippen LogP) is 1.78. The second-order valence-corrected chi connectivity index (χ2v) is 4.19. The largest absolute Gasteiger partial charge is 0.362 e. The van der Waals surface area contributed by atoms with Crippen molar-refractivity contribution in [1.29, 1.82) is 0 Å². The third-order valence-electron chi connectivity index (χ3n) is 2.71. The number of hydrogen-bond acceptors (Lipinski definition) is 1. The Balaban J connectivity index is 2.15. The molecular weight excluding hydrogens is 160 g/mol. The maximum absolute atomic E-state index is 5.76. The highest BCUT2D eigenvalue weighted by molar-refractivity contribution is 5.28. The molecule has 0 radical (unpaired) electrons. The first-order chi connectivity index (χ1) is 6.25. The van der Waals surface area contributed by atoms with Crippen molar-refractivity contribution in [2.75, 3.05) is 0 Å². The number of rotatable bonds is 2. The van der Waals surface area contributed by atoms with Gasteiger partial charge < -0.3 is 10.7 Å². The van der Waals surface area contributed by atoms with E-state index in [1.54, 1.807) is 0 Å². The fourth-order valence-corrected chi connectivity index (χ4v) is 2.13. The summed E-state index contributed by atoms with van der Waals surface area (Å²) in [5.41, 5.74) is 10.1. The molecule has 0 fully saturated rings. The first kappa shape index (κ1) is 8.82. The van der Waals surface area contributed by atoms with Gasteiger partial charge in [-0.2, -0.15) is 0 Å². The molecule has 0 bridgehead atoms. The van der Waals surface area contributed by atoms with Crippen molar-refractivity contribution in [2.24, 2.45) is 5.73 Å². The van der Waals surface area contributed by atoms with E-state index >= 15 is 0 Å².